The summed E-state index contributed by atoms with van der Waals surface area (Å²) >= 11 is 0. The number of aryl methyl sites for hydroxylation is 2. The molecule has 8 nitrogen and oxygen atoms in total. The van der Waals surface area contributed by atoms with Gasteiger partial charge in [0.05, 0.1) is 31.1 Å². The number of piperazine rings is 1. The SMILES string of the molecule is CCCNC(=O)[C@H](C)NC(=O)C[NH+]1CCN(S(=O)(=O)c2ccc(C)c(C)c2)CC1. The second kappa shape index (κ2) is 10.2. The van der Waals surface area contributed by atoms with Gasteiger partial charge in [0.25, 0.3) is 5.91 Å². The molecule has 0 spiro atoms. The zero-order chi connectivity index (χ0) is 21.6. The Labute approximate surface area is 173 Å². The highest BCUT2D eigenvalue weighted by Gasteiger charge is 2.31. The van der Waals surface area contributed by atoms with Crippen molar-refractivity contribution in [3.63, 3.8) is 0 Å². The fourth-order valence-electron chi connectivity index (χ4n) is 3.23. The van der Waals surface area contributed by atoms with Crippen molar-refractivity contribution in [2.24, 2.45) is 0 Å². The Kier molecular flexibility index (Phi) is 8.18. The van der Waals surface area contributed by atoms with E-state index in [1.807, 2.05) is 26.8 Å². The van der Waals surface area contributed by atoms with Gasteiger partial charge in [-0.25, -0.2) is 8.42 Å². The molecule has 2 rings (SSSR count). The molecular formula is C20H33N4O4S+. The Morgan fingerprint density at radius 1 is 1.17 bits per heavy atom. The summed E-state index contributed by atoms with van der Waals surface area (Å²) in [6.07, 6.45) is 0.839. The molecule has 1 aromatic carbocycles. The Morgan fingerprint density at radius 3 is 2.41 bits per heavy atom. The lowest BCUT2D eigenvalue weighted by molar-refractivity contribution is -0.895. The highest BCUT2D eigenvalue weighted by molar-refractivity contribution is 7.89. The monoisotopic (exact) mass is 425 g/mol. The molecule has 0 aromatic heterocycles. The molecule has 9 heteroatoms. The summed E-state index contributed by atoms with van der Waals surface area (Å²) in [4.78, 5) is 25.4. The van der Waals surface area contributed by atoms with E-state index in [1.165, 1.54) is 4.31 Å². The Balaban J connectivity index is 1.86. The molecule has 1 heterocycles. The van der Waals surface area contributed by atoms with Crippen LogP contribution in [0.4, 0.5) is 0 Å². The van der Waals surface area contributed by atoms with E-state index in [9.17, 15) is 18.0 Å². The van der Waals surface area contributed by atoms with Gasteiger partial charge in [0.1, 0.15) is 6.04 Å². The Morgan fingerprint density at radius 2 is 1.83 bits per heavy atom. The number of sulfonamides is 1. The minimum atomic E-state index is -3.53. The number of nitrogens with zero attached hydrogens (tertiary/aromatic N) is 1. The molecule has 0 bridgehead atoms. The zero-order valence-corrected chi connectivity index (χ0v) is 18.6. The molecule has 0 saturated carbocycles. The summed E-state index contributed by atoms with van der Waals surface area (Å²) in [5, 5.41) is 5.46. The number of amides is 2. The molecule has 1 aromatic rings. The van der Waals surface area contributed by atoms with Gasteiger partial charge in [0, 0.05) is 6.54 Å². The van der Waals surface area contributed by atoms with E-state index in [1.54, 1.807) is 19.1 Å². The van der Waals surface area contributed by atoms with Crippen LogP contribution < -0.4 is 15.5 Å². The van der Waals surface area contributed by atoms with Crippen molar-refractivity contribution in [1.29, 1.82) is 0 Å². The van der Waals surface area contributed by atoms with Crippen LogP contribution in [0.3, 0.4) is 0 Å². The lowest BCUT2D eigenvalue weighted by Gasteiger charge is -2.31. The number of benzene rings is 1. The molecule has 1 aliphatic heterocycles. The smallest absolute Gasteiger partial charge is 0.275 e. The van der Waals surface area contributed by atoms with Crippen molar-refractivity contribution in [3.8, 4) is 0 Å². The third-order valence-electron chi connectivity index (χ3n) is 5.28. The Bertz CT molecular complexity index is 833. The maximum absolute atomic E-state index is 12.9. The van der Waals surface area contributed by atoms with Crippen molar-refractivity contribution >= 4 is 21.8 Å². The van der Waals surface area contributed by atoms with Gasteiger partial charge in [-0.3, -0.25) is 9.59 Å². The minimum Gasteiger partial charge on any atom is -0.354 e. The third kappa shape index (κ3) is 6.25. The van der Waals surface area contributed by atoms with Gasteiger partial charge in [-0.1, -0.05) is 13.0 Å². The summed E-state index contributed by atoms with van der Waals surface area (Å²) in [5.74, 6) is -0.399. The normalized spacial score (nSPS) is 17.0. The number of hydrogen-bond acceptors (Lipinski definition) is 4. The van der Waals surface area contributed by atoms with Gasteiger partial charge in [-0.15, -0.1) is 0 Å². The number of carbonyl (C=O) groups is 2. The molecule has 1 saturated heterocycles. The standard InChI is InChI=1S/C20H32N4O4S/c1-5-8-21-20(26)17(4)22-19(25)14-23-9-11-24(12-10-23)29(27,28)18-7-6-15(2)16(3)13-18/h6-7,13,17H,5,8-12,14H2,1-4H3,(H,21,26)(H,22,25)/p+1/t17-/m0/s1. The predicted molar refractivity (Wildman–Crippen MR) is 111 cm³/mol. The van der Waals surface area contributed by atoms with Crippen molar-refractivity contribution in [2.45, 2.75) is 45.1 Å². The topological polar surface area (TPSA) is 100 Å². The van der Waals surface area contributed by atoms with E-state index in [-0.39, 0.29) is 18.4 Å². The van der Waals surface area contributed by atoms with Gasteiger partial charge in [-0.05, 0) is 50.5 Å². The highest BCUT2D eigenvalue weighted by atomic mass is 32.2. The average Bonchev–Trinajstić information content (AvgIpc) is 2.68. The van der Waals surface area contributed by atoms with Crippen LogP contribution in [0.25, 0.3) is 0 Å². The molecule has 0 unspecified atom stereocenters. The van der Waals surface area contributed by atoms with Gasteiger partial charge < -0.3 is 15.5 Å². The van der Waals surface area contributed by atoms with Crippen LogP contribution in [-0.4, -0.2) is 69.8 Å². The average molecular weight is 426 g/mol. The quantitative estimate of drug-likeness (QED) is 0.509. The lowest BCUT2D eigenvalue weighted by atomic mass is 10.1. The lowest BCUT2D eigenvalue weighted by Crippen LogP contribution is -3.15. The molecule has 1 atom stereocenters. The summed E-state index contributed by atoms with van der Waals surface area (Å²) < 4.78 is 27.2. The van der Waals surface area contributed by atoms with Crippen molar-refractivity contribution in [2.75, 3.05) is 39.3 Å². The van der Waals surface area contributed by atoms with E-state index in [4.69, 9.17) is 0 Å². The fraction of sp³-hybridized carbons (Fsp3) is 0.600. The van der Waals surface area contributed by atoms with Crippen LogP contribution in [0.15, 0.2) is 23.1 Å². The first-order valence-electron chi connectivity index (χ1n) is 10.1. The maximum Gasteiger partial charge on any atom is 0.275 e. The molecule has 29 heavy (non-hydrogen) atoms. The summed E-state index contributed by atoms with van der Waals surface area (Å²) in [7, 11) is -3.53. The first kappa shape index (κ1) is 23.3. The van der Waals surface area contributed by atoms with Gasteiger partial charge >= 0.3 is 0 Å². The molecular weight excluding hydrogens is 392 g/mol. The van der Waals surface area contributed by atoms with E-state index >= 15 is 0 Å². The minimum absolute atomic E-state index is 0.195. The molecule has 0 aliphatic carbocycles. The number of carbonyl (C=O) groups excluding carboxylic acids is 2. The molecule has 0 radical (unpaired) electrons. The molecule has 1 aliphatic rings. The van der Waals surface area contributed by atoms with Crippen LogP contribution in [0.1, 0.15) is 31.4 Å². The first-order chi connectivity index (χ1) is 13.6. The van der Waals surface area contributed by atoms with Crippen LogP contribution in [0, 0.1) is 13.8 Å². The summed E-state index contributed by atoms with van der Waals surface area (Å²) in [6.45, 7) is 10.1. The van der Waals surface area contributed by atoms with Gasteiger partial charge in [0.15, 0.2) is 6.54 Å². The van der Waals surface area contributed by atoms with Crippen molar-refractivity contribution in [3.05, 3.63) is 29.3 Å². The third-order valence-corrected chi connectivity index (χ3v) is 7.17. The highest BCUT2D eigenvalue weighted by Crippen LogP contribution is 2.19. The zero-order valence-electron chi connectivity index (χ0n) is 17.7. The van der Waals surface area contributed by atoms with Crippen LogP contribution >= 0.6 is 0 Å². The molecule has 1 fully saturated rings. The second-order valence-corrected chi connectivity index (χ2v) is 9.60. The van der Waals surface area contributed by atoms with Crippen LogP contribution in [-0.2, 0) is 19.6 Å². The number of hydrogen-bond donors (Lipinski definition) is 3. The largest absolute Gasteiger partial charge is 0.354 e. The van der Waals surface area contributed by atoms with E-state index in [0.717, 1.165) is 22.4 Å². The maximum atomic E-state index is 12.9. The van der Waals surface area contributed by atoms with E-state index in [0.29, 0.717) is 37.6 Å². The Hall–Kier alpha value is -1.97. The fourth-order valence-corrected chi connectivity index (χ4v) is 4.76. The molecule has 3 N–H and O–H groups in total. The van der Waals surface area contributed by atoms with E-state index < -0.39 is 16.1 Å². The molecule has 162 valence electrons. The molecule has 2 amide bonds. The number of quaternary nitrogens is 1. The van der Waals surface area contributed by atoms with Gasteiger partial charge in [-0.2, -0.15) is 4.31 Å². The number of rotatable bonds is 8. The first-order valence-corrected chi connectivity index (χ1v) is 11.6. The summed E-state index contributed by atoms with van der Waals surface area (Å²) in [5.41, 5.74) is 2.01. The van der Waals surface area contributed by atoms with Crippen LogP contribution in [0.2, 0.25) is 0 Å². The van der Waals surface area contributed by atoms with Crippen molar-refractivity contribution < 1.29 is 22.9 Å². The van der Waals surface area contributed by atoms with Gasteiger partial charge in [0.2, 0.25) is 15.9 Å². The second-order valence-electron chi connectivity index (χ2n) is 7.66. The summed E-state index contributed by atoms with van der Waals surface area (Å²) in [6, 6.07) is 4.60. The van der Waals surface area contributed by atoms with Crippen molar-refractivity contribution in [1.82, 2.24) is 14.9 Å². The van der Waals surface area contributed by atoms with E-state index in [2.05, 4.69) is 10.6 Å². The van der Waals surface area contributed by atoms with Crippen LogP contribution in [0.5, 0.6) is 0 Å². The number of nitrogens with one attached hydrogen (secondary N) is 3. The predicted octanol–water partition coefficient (Wildman–Crippen LogP) is -0.776.